The third kappa shape index (κ3) is 2.67. The van der Waals surface area contributed by atoms with Crippen molar-refractivity contribution < 1.29 is 9.84 Å². The minimum atomic E-state index is -0.906. The van der Waals surface area contributed by atoms with Crippen LogP contribution in [0.5, 0.6) is 5.75 Å². The van der Waals surface area contributed by atoms with Crippen LogP contribution >= 0.6 is 0 Å². The summed E-state index contributed by atoms with van der Waals surface area (Å²) in [6, 6.07) is 11.3. The van der Waals surface area contributed by atoms with Gasteiger partial charge < -0.3 is 15.3 Å². The number of pyridine rings is 1. The molecule has 118 valence electrons. The van der Waals surface area contributed by atoms with E-state index in [9.17, 15) is 9.90 Å². The van der Waals surface area contributed by atoms with Gasteiger partial charge in [-0.15, -0.1) is 0 Å². The first-order chi connectivity index (χ1) is 10.9. The summed E-state index contributed by atoms with van der Waals surface area (Å²) in [6.45, 7) is 3.56. The summed E-state index contributed by atoms with van der Waals surface area (Å²) in [5.74, 6) is 0.584. The minimum Gasteiger partial charge on any atom is -0.485 e. The number of fused-ring (bicyclic) bond motifs is 1. The first-order valence-corrected chi connectivity index (χ1v) is 7.28. The fourth-order valence-electron chi connectivity index (χ4n) is 2.69. The van der Waals surface area contributed by atoms with Crippen LogP contribution in [0.2, 0.25) is 0 Å². The molecule has 1 aliphatic rings. The topological polar surface area (TPSA) is 87.3 Å². The van der Waals surface area contributed by atoms with Crippen LogP contribution in [0.15, 0.2) is 47.4 Å². The van der Waals surface area contributed by atoms with Crippen LogP contribution in [-0.2, 0) is 0 Å². The number of hydrogen-bond donors (Lipinski definition) is 2. The number of aromatic nitrogens is 1. The highest BCUT2D eigenvalue weighted by Gasteiger charge is 2.43. The van der Waals surface area contributed by atoms with E-state index < -0.39 is 17.7 Å². The average molecular weight is 311 g/mol. The van der Waals surface area contributed by atoms with Crippen molar-refractivity contribution in [3.63, 3.8) is 0 Å². The number of hydrogen-bond acceptors (Lipinski definition) is 5. The van der Waals surface area contributed by atoms with E-state index in [2.05, 4.69) is 11.5 Å². The summed E-state index contributed by atoms with van der Waals surface area (Å²) < 4.78 is 7.16. The molecule has 6 nitrogen and oxygen atoms in total. The predicted molar refractivity (Wildman–Crippen MR) is 84.7 cm³/mol. The fraction of sp³-hybridized carbons (Fsp3) is 0.294. The molecule has 0 amide bonds. The monoisotopic (exact) mass is 311 g/mol. The molecule has 1 aromatic heterocycles. The SMILES string of the molecule is CC1(C)Oc2ccc(C#N)cc2C(Nn2ccccc2=O)C1O. The van der Waals surface area contributed by atoms with Crippen LogP contribution < -0.4 is 15.7 Å². The van der Waals surface area contributed by atoms with Crippen LogP contribution in [0, 0.1) is 11.3 Å². The highest BCUT2D eigenvalue weighted by Crippen LogP contribution is 2.40. The standard InChI is InChI=1S/C17H17N3O3/c1-17(2)16(22)15(19-20-8-4-3-5-14(20)21)12-9-11(10-18)6-7-13(12)23-17/h3-9,15-16,19,22H,1-2H3. The van der Waals surface area contributed by atoms with Gasteiger partial charge in [0.2, 0.25) is 0 Å². The van der Waals surface area contributed by atoms with Gasteiger partial charge in [0, 0.05) is 17.8 Å². The third-order valence-electron chi connectivity index (χ3n) is 3.98. The van der Waals surface area contributed by atoms with Gasteiger partial charge in [-0.3, -0.25) is 4.79 Å². The number of aliphatic hydroxyl groups excluding tert-OH is 1. The van der Waals surface area contributed by atoms with Gasteiger partial charge in [0.25, 0.3) is 5.56 Å². The number of benzene rings is 1. The Kier molecular flexibility index (Phi) is 3.58. The van der Waals surface area contributed by atoms with Crippen molar-refractivity contribution in [3.05, 3.63) is 64.1 Å². The lowest BCUT2D eigenvalue weighted by molar-refractivity contribution is -0.0554. The van der Waals surface area contributed by atoms with E-state index in [1.54, 1.807) is 50.4 Å². The molecule has 0 fully saturated rings. The molecule has 1 aromatic carbocycles. The van der Waals surface area contributed by atoms with Gasteiger partial charge in [-0.25, -0.2) is 4.68 Å². The van der Waals surface area contributed by atoms with Crippen molar-refractivity contribution in [2.75, 3.05) is 5.43 Å². The Morgan fingerprint density at radius 1 is 1.35 bits per heavy atom. The molecule has 0 aliphatic carbocycles. The van der Waals surface area contributed by atoms with Crippen LogP contribution in [0.1, 0.15) is 31.0 Å². The van der Waals surface area contributed by atoms with E-state index in [-0.39, 0.29) is 5.56 Å². The molecule has 2 aromatic rings. The zero-order chi connectivity index (χ0) is 16.6. The molecular formula is C17H17N3O3. The number of nitrogens with one attached hydrogen (secondary N) is 1. The average Bonchev–Trinajstić information content (AvgIpc) is 2.53. The lowest BCUT2D eigenvalue weighted by Crippen LogP contribution is -2.52. The van der Waals surface area contributed by atoms with Gasteiger partial charge >= 0.3 is 0 Å². The molecular weight excluding hydrogens is 294 g/mol. The van der Waals surface area contributed by atoms with Gasteiger partial charge in [0.1, 0.15) is 23.5 Å². The maximum Gasteiger partial charge on any atom is 0.268 e. The molecule has 0 saturated heterocycles. The molecule has 1 aliphatic heterocycles. The Bertz CT molecular complexity index is 835. The van der Waals surface area contributed by atoms with Crippen molar-refractivity contribution in [1.82, 2.24) is 4.68 Å². The molecule has 2 N–H and O–H groups in total. The van der Waals surface area contributed by atoms with E-state index in [4.69, 9.17) is 10.00 Å². The third-order valence-corrected chi connectivity index (χ3v) is 3.98. The number of nitriles is 1. The molecule has 2 atom stereocenters. The first kappa shape index (κ1) is 15.1. The quantitative estimate of drug-likeness (QED) is 0.878. The van der Waals surface area contributed by atoms with Crippen LogP contribution in [0.4, 0.5) is 0 Å². The van der Waals surface area contributed by atoms with Crippen LogP contribution in [0.25, 0.3) is 0 Å². The van der Waals surface area contributed by atoms with Gasteiger partial charge in [-0.2, -0.15) is 5.26 Å². The lowest BCUT2D eigenvalue weighted by atomic mass is 9.86. The highest BCUT2D eigenvalue weighted by molar-refractivity contribution is 5.47. The zero-order valence-electron chi connectivity index (χ0n) is 12.9. The second-order valence-corrected chi connectivity index (χ2v) is 6.03. The van der Waals surface area contributed by atoms with Crippen LogP contribution in [-0.4, -0.2) is 21.5 Å². The van der Waals surface area contributed by atoms with E-state index in [1.807, 2.05) is 0 Å². The van der Waals surface area contributed by atoms with E-state index in [0.29, 0.717) is 16.9 Å². The number of nitrogens with zero attached hydrogens (tertiary/aromatic N) is 2. The van der Waals surface area contributed by atoms with Gasteiger partial charge in [0.15, 0.2) is 0 Å². The molecule has 2 heterocycles. The van der Waals surface area contributed by atoms with Gasteiger partial charge in [0.05, 0.1) is 11.6 Å². The Balaban J connectivity index is 2.09. The second kappa shape index (κ2) is 5.45. The van der Waals surface area contributed by atoms with Crippen molar-refractivity contribution in [2.45, 2.75) is 31.6 Å². The van der Waals surface area contributed by atoms with Crippen molar-refractivity contribution in [1.29, 1.82) is 5.26 Å². The zero-order valence-corrected chi connectivity index (χ0v) is 12.9. The van der Waals surface area contributed by atoms with E-state index >= 15 is 0 Å². The molecule has 0 spiro atoms. The summed E-state index contributed by atoms with van der Waals surface area (Å²) in [4.78, 5) is 11.9. The summed E-state index contributed by atoms with van der Waals surface area (Å²) >= 11 is 0. The number of ether oxygens (including phenoxy) is 1. The Morgan fingerprint density at radius 2 is 2.13 bits per heavy atom. The molecule has 0 radical (unpaired) electrons. The Labute approximate surface area is 133 Å². The second-order valence-electron chi connectivity index (χ2n) is 6.03. The molecule has 23 heavy (non-hydrogen) atoms. The van der Waals surface area contributed by atoms with Crippen molar-refractivity contribution in [3.8, 4) is 11.8 Å². The minimum absolute atomic E-state index is 0.234. The summed E-state index contributed by atoms with van der Waals surface area (Å²) in [5.41, 5.74) is 3.07. The molecule has 2 unspecified atom stereocenters. The fourth-order valence-corrected chi connectivity index (χ4v) is 2.69. The number of aliphatic hydroxyl groups is 1. The summed E-state index contributed by atoms with van der Waals surface area (Å²) in [6.07, 6.45) is 0.682. The highest BCUT2D eigenvalue weighted by atomic mass is 16.5. The van der Waals surface area contributed by atoms with Crippen LogP contribution in [0.3, 0.4) is 0 Å². The first-order valence-electron chi connectivity index (χ1n) is 7.28. The van der Waals surface area contributed by atoms with Crippen molar-refractivity contribution >= 4 is 0 Å². The Hall–Kier alpha value is -2.78. The predicted octanol–water partition coefficient (Wildman–Crippen LogP) is 1.54. The van der Waals surface area contributed by atoms with E-state index in [0.717, 1.165) is 0 Å². The Morgan fingerprint density at radius 3 is 2.83 bits per heavy atom. The maximum absolute atomic E-state index is 11.9. The maximum atomic E-state index is 11.9. The molecule has 6 heteroatoms. The molecule has 0 saturated carbocycles. The molecule has 3 rings (SSSR count). The largest absolute Gasteiger partial charge is 0.485 e. The van der Waals surface area contributed by atoms with E-state index in [1.165, 1.54) is 10.7 Å². The normalized spacial score (nSPS) is 21.7. The molecule has 0 bridgehead atoms. The summed E-state index contributed by atoms with van der Waals surface area (Å²) in [7, 11) is 0. The summed E-state index contributed by atoms with van der Waals surface area (Å²) in [5, 5.41) is 19.8. The van der Waals surface area contributed by atoms with Crippen molar-refractivity contribution in [2.24, 2.45) is 0 Å². The van der Waals surface area contributed by atoms with Gasteiger partial charge in [-0.05, 0) is 38.1 Å². The number of rotatable bonds is 2. The lowest BCUT2D eigenvalue weighted by Gasteiger charge is -2.42. The van der Waals surface area contributed by atoms with Gasteiger partial charge in [-0.1, -0.05) is 6.07 Å². The smallest absolute Gasteiger partial charge is 0.268 e.